The Kier molecular flexibility index (Phi) is 4.14. The molecule has 1 aliphatic rings. The van der Waals surface area contributed by atoms with Crippen molar-refractivity contribution in [1.29, 1.82) is 0 Å². The first-order chi connectivity index (χ1) is 8.91. The molecule has 0 bridgehead atoms. The van der Waals surface area contributed by atoms with E-state index < -0.39 is 0 Å². The van der Waals surface area contributed by atoms with Crippen LogP contribution in [0.1, 0.15) is 38.7 Å². The van der Waals surface area contributed by atoms with E-state index in [0.29, 0.717) is 11.8 Å². The second-order valence-electron chi connectivity index (χ2n) is 6.39. The molecule has 1 fully saturated rings. The van der Waals surface area contributed by atoms with Crippen molar-refractivity contribution in [1.82, 2.24) is 5.32 Å². The highest BCUT2D eigenvalue weighted by atomic mass is 19.1. The molecule has 0 aliphatic heterocycles. The molecule has 1 N–H and O–H groups in total. The highest BCUT2D eigenvalue weighted by Crippen LogP contribution is 2.37. The zero-order valence-corrected chi connectivity index (χ0v) is 12.3. The van der Waals surface area contributed by atoms with E-state index >= 15 is 0 Å². The van der Waals surface area contributed by atoms with Crippen LogP contribution in [-0.2, 0) is 0 Å². The number of benzene rings is 1. The molecule has 0 heterocycles. The molecular weight excluding hydrogens is 241 g/mol. The average molecular weight is 265 g/mol. The van der Waals surface area contributed by atoms with Crippen LogP contribution in [0.5, 0.6) is 5.75 Å². The first-order valence-corrected chi connectivity index (χ1v) is 7.01. The largest absolute Gasteiger partial charge is 0.486 e. The van der Waals surface area contributed by atoms with Crippen LogP contribution in [0.3, 0.4) is 0 Å². The van der Waals surface area contributed by atoms with Crippen LogP contribution in [-0.4, -0.2) is 19.2 Å². The van der Waals surface area contributed by atoms with Crippen molar-refractivity contribution in [2.45, 2.75) is 52.2 Å². The van der Waals surface area contributed by atoms with Crippen LogP contribution in [0.2, 0.25) is 0 Å². The summed E-state index contributed by atoms with van der Waals surface area (Å²) >= 11 is 0. The summed E-state index contributed by atoms with van der Waals surface area (Å²) in [5.74, 6) is 0.104. The molecule has 2 atom stereocenters. The maximum absolute atomic E-state index is 13.8. The number of rotatable bonds is 3. The lowest BCUT2D eigenvalue weighted by Gasteiger charge is -2.40. The number of halogens is 1. The summed E-state index contributed by atoms with van der Waals surface area (Å²) in [6, 6.07) is 5.33. The van der Waals surface area contributed by atoms with Crippen molar-refractivity contribution in [2.75, 3.05) is 7.05 Å². The van der Waals surface area contributed by atoms with Gasteiger partial charge in [-0.2, -0.15) is 0 Å². The van der Waals surface area contributed by atoms with Gasteiger partial charge in [0.05, 0.1) is 0 Å². The summed E-state index contributed by atoms with van der Waals surface area (Å²) in [6.07, 6.45) is 3.23. The first-order valence-electron chi connectivity index (χ1n) is 7.01. The Bertz CT molecular complexity index is 444. The fourth-order valence-electron chi connectivity index (χ4n) is 2.84. The Labute approximate surface area is 115 Å². The van der Waals surface area contributed by atoms with Crippen molar-refractivity contribution in [3.63, 3.8) is 0 Å². The van der Waals surface area contributed by atoms with Crippen LogP contribution in [0.4, 0.5) is 4.39 Å². The molecular formula is C16H24FNO. The maximum atomic E-state index is 13.8. The second-order valence-corrected chi connectivity index (χ2v) is 6.39. The fourth-order valence-corrected chi connectivity index (χ4v) is 2.84. The zero-order chi connectivity index (χ0) is 14.0. The van der Waals surface area contributed by atoms with Crippen LogP contribution in [0, 0.1) is 18.2 Å². The van der Waals surface area contributed by atoms with Gasteiger partial charge < -0.3 is 10.1 Å². The zero-order valence-electron chi connectivity index (χ0n) is 12.3. The predicted molar refractivity (Wildman–Crippen MR) is 76.0 cm³/mol. The van der Waals surface area contributed by atoms with E-state index in [-0.39, 0.29) is 17.3 Å². The molecule has 2 rings (SSSR count). The number of hydrogen-bond donors (Lipinski definition) is 1. The van der Waals surface area contributed by atoms with E-state index in [1.165, 1.54) is 12.5 Å². The number of ether oxygens (including phenoxy) is 1. The molecule has 106 valence electrons. The lowest BCUT2D eigenvalue weighted by atomic mass is 9.74. The van der Waals surface area contributed by atoms with Crippen LogP contribution in [0.15, 0.2) is 18.2 Å². The molecule has 0 radical (unpaired) electrons. The Hall–Kier alpha value is -1.09. The lowest BCUT2D eigenvalue weighted by Crippen LogP contribution is -2.47. The van der Waals surface area contributed by atoms with Crippen molar-refractivity contribution >= 4 is 0 Å². The van der Waals surface area contributed by atoms with Gasteiger partial charge in [-0.1, -0.05) is 19.9 Å². The fraction of sp³-hybridized carbons (Fsp3) is 0.625. The molecule has 2 unspecified atom stereocenters. The van der Waals surface area contributed by atoms with Gasteiger partial charge in [0.25, 0.3) is 0 Å². The van der Waals surface area contributed by atoms with Crippen molar-refractivity contribution < 1.29 is 9.13 Å². The molecule has 19 heavy (non-hydrogen) atoms. The van der Waals surface area contributed by atoms with E-state index in [0.717, 1.165) is 18.4 Å². The lowest BCUT2D eigenvalue weighted by molar-refractivity contribution is 0.0530. The molecule has 0 aromatic heterocycles. The minimum atomic E-state index is -0.274. The van der Waals surface area contributed by atoms with Gasteiger partial charge in [0, 0.05) is 6.04 Å². The quantitative estimate of drug-likeness (QED) is 0.900. The van der Waals surface area contributed by atoms with Gasteiger partial charge in [0.2, 0.25) is 0 Å². The standard InChI is InChI=1S/C16H24FNO/c1-11-5-6-12(17)14(9-11)19-15-10-16(2,3)8-7-13(15)18-4/h5-6,9,13,15,18H,7-8,10H2,1-4H3. The molecule has 0 amide bonds. The van der Waals surface area contributed by atoms with Gasteiger partial charge in [0.1, 0.15) is 6.10 Å². The Morgan fingerprint density at radius 1 is 1.37 bits per heavy atom. The van der Waals surface area contributed by atoms with E-state index in [9.17, 15) is 4.39 Å². The average Bonchev–Trinajstić information content (AvgIpc) is 2.33. The molecule has 1 saturated carbocycles. The predicted octanol–water partition coefficient (Wildman–Crippen LogP) is 3.68. The highest BCUT2D eigenvalue weighted by molar-refractivity contribution is 5.29. The molecule has 2 nitrogen and oxygen atoms in total. The smallest absolute Gasteiger partial charge is 0.165 e. The molecule has 0 saturated heterocycles. The topological polar surface area (TPSA) is 21.3 Å². The van der Waals surface area contributed by atoms with Crippen molar-refractivity contribution in [3.8, 4) is 5.75 Å². The van der Waals surface area contributed by atoms with Gasteiger partial charge in [-0.15, -0.1) is 0 Å². The normalized spacial score (nSPS) is 26.2. The Balaban J connectivity index is 2.16. The molecule has 0 spiro atoms. The Morgan fingerprint density at radius 3 is 2.79 bits per heavy atom. The minimum Gasteiger partial charge on any atom is -0.486 e. The third kappa shape index (κ3) is 3.47. The monoisotopic (exact) mass is 265 g/mol. The van der Waals surface area contributed by atoms with Gasteiger partial charge in [-0.05, 0) is 56.3 Å². The summed E-state index contributed by atoms with van der Waals surface area (Å²) in [6.45, 7) is 6.45. The van der Waals surface area contributed by atoms with Gasteiger partial charge in [-0.3, -0.25) is 0 Å². The van der Waals surface area contributed by atoms with Crippen molar-refractivity contribution in [3.05, 3.63) is 29.6 Å². The number of nitrogens with one attached hydrogen (secondary N) is 1. The van der Waals surface area contributed by atoms with Gasteiger partial charge in [0.15, 0.2) is 11.6 Å². The third-order valence-corrected chi connectivity index (χ3v) is 4.07. The molecule has 1 aromatic rings. The maximum Gasteiger partial charge on any atom is 0.165 e. The van der Waals surface area contributed by atoms with Gasteiger partial charge in [-0.25, -0.2) is 4.39 Å². The Morgan fingerprint density at radius 2 is 2.11 bits per heavy atom. The summed E-state index contributed by atoms with van der Waals surface area (Å²) in [4.78, 5) is 0. The number of hydrogen-bond acceptors (Lipinski definition) is 2. The van der Waals surface area contributed by atoms with Crippen LogP contribution < -0.4 is 10.1 Å². The van der Waals surface area contributed by atoms with E-state index in [1.807, 2.05) is 14.0 Å². The third-order valence-electron chi connectivity index (χ3n) is 4.07. The van der Waals surface area contributed by atoms with E-state index in [1.54, 1.807) is 12.1 Å². The van der Waals surface area contributed by atoms with Crippen molar-refractivity contribution in [2.24, 2.45) is 5.41 Å². The van der Waals surface area contributed by atoms with E-state index in [2.05, 4.69) is 19.2 Å². The molecule has 1 aliphatic carbocycles. The van der Waals surface area contributed by atoms with Gasteiger partial charge >= 0.3 is 0 Å². The second kappa shape index (κ2) is 5.49. The number of aryl methyl sites for hydroxylation is 1. The highest BCUT2D eigenvalue weighted by Gasteiger charge is 2.35. The van der Waals surface area contributed by atoms with Crippen LogP contribution >= 0.6 is 0 Å². The van der Waals surface area contributed by atoms with E-state index in [4.69, 9.17) is 4.74 Å². The van der Waals surface area contributed by atoms with Crippen LogP contribution in [0.25, 0.3) is 0 Å². The number of likely N-dealkylation sites (N-methyl/N-ethyl adjacent to an activating group) is 1. The molecule has 1 aromatic carbocycles. The summed E-state index contributed by atoms with van der Waals surface area (Å²) in [7, 11) is 1.95. The first kappa shape index (κ1) is 14.3. The summed E-state index contributed by atoms with van der Waals surface area (Å²) < 4.78 is 19.8. The summed E-state index contributed by atoms with van der Waals surface area (Å²) in [5.41, 5.74) is 1.28. The SMILES string of the molecule is CNC1CCC(C)(C)CC1Oc1cc(C)ccc1F. The summed E-state index contributed by atoms with van der Waals surface area (Å²) in [5, 5.41) is 3.30. The minimum absolute atomic E-state index is 0.0325. The molecule has 3 heteroatoms.